The molecule has 2 N–H and O–H groups in total. The monoisotopic (exact) mass is 226 g/mol. The van der Waals surface area contributed by atoms with E-state index < -0.39 is 0 Å². The first-order valence-corrected chi connectivity index (χ1v) is 5.53. The van der Waals surface area contributed by atoms with E-state index >= 15 is 0 Å². The molecule has 1 aliphatic heterocycles. The summed E-state index contributed by atoms with van der Waals surface area (Å²) in [5.74, 6) is 1.12. The first-order valence-electron chi connectivity index (χ1n) is 5.15. The van der Waals surface area contributed by atoms with Gasteiger partial charge >= 0.3 is 0 Å². The van der Waals surface area contributed by atoms with E-state index in [1.807, 2.05) is 0 Å². The van der Waals surface area contributed by atoms with E-state index in [9.17, 15) is 0 Å². The average molecular weight is 227 g/mol. The Balaban J connectivity index is 2.40. The lowest BCUT2D eigenvalue weighted by atomic mass is 10.2. The Labute approximate surface area is 94.5 Å². The van der Waals surface area contributed by atoms with Gasteiger partial charge < -0.3 is 10.6 Å². The minimum Gasteiger partial charge on any atom is -0.382 e. The first kappa shape index (κ1) is 10.5. The summed E-state index contributed by atoms with van der Waals surface area (Å²) in [6.07, 6.45) is 3.80. The van der Waals surface area contributed by atoms with Crippen LogP contribution in [0.25, 0.3) is 0 Å². The summed E-state index contributed by atoms with van der Waals surface area (Å²) in [7, 11) is 0. The van der Waals surface area contributed by atoms with Gasteiger partial charge in [0.1, 0.15) is 17.2 Å². The molecular formula is C10H15ClN4. The van der Waals surface area contributed by atoms with Crippen LogP contribution < -0.4 is 10.6 Å². The predicted octanol–water partition coefficient (Wildman–Crippen LogP) is 2.09. The van der Waals surface area contributed by atoms with Gasteiger partial charge in [0.25, 0.3) is 0 Å². The van der Waals surface area contributed by atoms with Crippen molar-refractivity contribution in [2.24, 2.45) is 0 Å². The number of halogens is 1. The van der Waals surface area contributed by atoms with Crippen LogP contribution >= 0.6 is 11.6 Å². The van der Waals surface area contributed by atoms with Gasteiger partial charge in [0, 0.05) is 12.1 Å². The van der Waals surface area contributed by atoms with Gasteiger partial charge in [-0.15, -0.1) is 0 Å². The van der Waals surface area contributed by atoms with E-state index in [0.717, 1.165) is 5.82 Å². The lowest BCUT2D eigenvalue weighted by molar-refractivity contribution is 0.682. The number of hydrogen-bond donors (Lipinski definition) is 1. The number of nitrogens with two attached hydrogens (primary N) is 1. The van der Waals surface area contributed by atoms with Crippen LogP contribution in [-0.4, -0.2) is 22.1 Å². The van der Waals surface area contributed by atoms with Crippen molar-refractivity contribution in [3.05, 3.63) is 11.3 Å². The number of nitrogens with zero attached hydrogens (tertiary/aromatic N) is 3. The van der Waals surface area contributed by atoms with Crippen LogP contribution in [0.15, 0.2) is 6.33 Å². The summed E-state index contributed by atoms with van der Waals surface area (Å²) in [6.45, 7) is 4.36. The summed E-state index contributed by atoms with van der Waals surface area (Å²) >= 11 is 6.11. The van der Waals surface area contributed by atoms with Crippen LogP contribution in [0.1, 0.15) is 26.7 Å². The van der Waals surface area contributed by atoms with Gasteiger partial charge in [0.15, 0.2) is 5.82 Å². The molecule has 0 aromatic carbocycles. The van der Waals surface area contributed by atoms with E-state index in [1.165, 1.54) is 19.2 Å². The number of rotatable bonds is 1. The van der Waals surface area contributed by atoms with Crippen molar-refractivity contribution >= 4 is 23.2 Å². The van der Waals surface area contributed by atoms with Crippen molar-refractivity contribution in [1.29, 1.82) is 0 Å². The topological polar surface area (TPSA) is 55.0 Å². The molecule has 0 aliphatic carbocycles. The van der Waals surface area contributed by atoms with Crippen molar-refractivity contribution in [3.8, 4) is 0 Å². The van der Waals surface area contributed by atoms with Gasteiger partial charge in [-0.1, -0.05) is 11.6 Å². The molecule has 2 heterocycles. The summed E-state index contributed by atoms with van der Waals surface area (Å²) in [6, 6.07) is 0.929. The van der Waals surface area contributed by atoms with E-state index in [1.54, 1.807) is 0 Å². The Morgan fingerprint density at radius 1 is 1.33 bits per heavy atom. The molecule has 82 valence electrons. The van der Waals surface area contributed by atoms with Crippen molar-refractivity contribution in [2.75, 3.05) is 10.6 Å². The molecule has 0 unspecified atom stereocenters. The van der Waals surface area contributed by atoms with Crippen LogP contribution in [0.2, 0.25) is 5.02 Å². The third-order valence-corrected chi connectivity index (χ3v) is 3.36. The van der Waals surface area contributed by atoms with Crippen molar-refractivity contribution in [3.63, 3.8) is 0 Å². The summed E-state index contributed by atoms with van der Waals surface area (Å²) in [4.78, 5) is 10.3. The van der Waals surface area contributed by atoms with Crippen molar-refractivity contribution in [1.82, 2.24) is 9.97 Å². The lowest BCUT2D eigenvalue weighted by Crippen LogP contribution is -2.33. The zero-order valence-corrected chi connectivity index (χ0v) is 9.70. The molecule has 1 saturated heterocycles. The summed E-state index contributed by atoms with van der Waals surface area (Å²) in [5.41, 5.74) is 5.67. The zero-order valence-electron chi connectivity index (χ0n) is 8.94. The molecule has 0 bridgehead atoms. The first-order chi connectivity index (χ1) is 7.11. The van der Waals surface area contributed by atoms with Crippen molar-refractivity contribution in [2.45, 2.75) is 38.8 Å². The molecule has 0 saturated carbocycles. The number of aromatic nitrogens is 2. The fraction of sp³-hybridized carbons (Fsp3) is 0.600. The molecule has 2 atom stereocenters. The maximum absolute atomic E-state index is 6.11. The lowest BCUT2D eigenvalue weighted by Gasteiger charge is -2.28. The highest BCUT2D eigenvalue weighted by Gasteiger charge is 2.30. The fourth-order valence-electron chi connectivity index (χ4n) is 2.17. The molecule has 1 aliphatic rings. The zero-order chi connectivity index (χ0) is 11.0. The standard InChI is InChI=1S/C10H15ClN4/c1-6-3-4-7(2)15(6)10-8(11)9(12)13-5-14-10/h5-7H,3-4H2,1-2H3,(H2,12,13,14)/t6-,7-/m1/s1. The molecule has 4 nitrogen and oxygen atoms in total. The van der Waals surface area contributed by atoms with Gasteiger partial charge in [0.05, 0.1) is 0 Å². The number of hydrogen-bond acceptors (Lipinski definition) is 4. The van der Waals surface area contributed by atoms with E-state index in [4.69, 9.17) is 17.3 Å². The smallest absolute Gasteiger partial charge is 0.153 e. The second-order valence-corrected chi connectivity index (χ2v) is 4.46. The van der Waals surface area contributed by atoms with Gasteiger partial charge in [-0.2, -0.15) is 0 Å². The molecule has 1 aromatic heterocycles. The molecule has 15 heavy (non-hydrogen) atoms. The number of anilines is 2. The molecule has 5 heteroatoms. The Morgan fingerprint density at radius 2 is 1.93 bits per heavy atom. The van der Waals surface area contributed by atoms with Gasteiger partial charge in [-0.3, -0.25) is 0 Å². The molecule has 0 amide bonds. The Bertz CT molecular complexity index is 358. The Morgan fingerprint density at radius 3 is 2.53 bits per heavy atom. The van der Waals surface area contributed by atoms with Crippen LogP contribution in [0.5, 0.6) is 0 Å². The normalized spacial score (nSPS) is 25.9. The third kappa shape index (κ3) is 1.74. The minimum absolute atomic E-state index is 0.355. The SMILES string of the molecule is C[C@@H]1CC[C@@H](C)N1c1ncnc(N)c1Cl. The Hall–Kier alpha value is -1.03. The van der Waals surface area contributed by atoms with E-state index in [-0.39, 0.29) is 0 Å². The Kier molecular flexibility index (Phi) is 2.69. The molecule has 0 radical (unpaired) electrons. The van der Waals surface area contributed by atoms with Gasteiger partial charge in [-0.05, 0) is 26.7 Å². The maximum atomic E-state index is 6.11. The largest absolute Gasteiger partial charge is 0.382 e. The van der Waals surface area contributed by atoms with Gasteiger partial charge in [-0.25, -0.2) is 9.97 Å². The third-order valence-electron chi connectivity index (χ3n) is 2.99. The average Bonchev–Trinajstić information content (AvgIpc) is 2.52. The molecule has 1 aromatic rings. The van der Waals surface area contributed by atoms with E-state index in [0.29, 0.717) is 22.9 Å². The molecule has 1 fully saturated rings. The highest BCUT2D eigenvalue weighted by molar-refractivity contribution is 6.35. The van der Waals surface area contributed by atoms with Crippen LogP contribution in [0.4, 0.5) is 11.6 Å². The second kappa shape index (κ2) is 3.85. The minimum atomic E-state index is 0.355. The quantitative estimate of drug-likeness (QED) is 0.797. The van der Waals surface area contributed by atoms with Crippen LogP contribution in [0, 0.1) is 0 Å². The predicted molar refractivity (Wildman–Crippen MR) is 62.1 cm³/mol. The maximum Gasteiger partial charge on any atom is 0.153 e. The van der Waals surface area contributed by atoms with Crippen molar-refractivity contribution < 1.29 is 0 Å². The van der Waals surface area contributed by atoms with Gasteiger partial charge in [0.2, 0.25) is 0 Å². The molecular weight excluding hydrogens is 212 g/mol. The number of nitrogen functional groups attached to an aromatic ring is 1. The van der Waals surface area contributed by atoms with E-state index in [2.05, 4.69) is 28.7 Å². The highest BCUT2D eigenvalue weighted by atomic mass is 35.5. The fourth-order valence-corrected chi connectivity index (χ4v) is 2.36. The molecule has 2 rings (SSSR count). The highest BCUT2D eigenvalue weighted by Crippen LogP contribution is 2.34. The van der Waals surface area contributed by atoms with Crippen LogP contribution in [-0.2, 0) is 0 Å². The molecule has 0 spiro atoms. The summed E-state index contributed by atoms with van der Waals surface area (Å²) in [5, 5.41) is 0.470. The second-order valence-electron chi connectivity index (χ2n) is 4.08. The van der Waals surface area contributed by atoms with Crippen LogP contribution in [0.3, 0.4) is 0 Å². The summed E-state index contributed by atoms with van der Waals surface area (Å²) < 4.78 is 0.